The zero-order valence-corrected chi connectivity index (χ0v) is 6.86. The van der Waals surface area contributed by atoms with Gasteiger partial charge < -0.3 is 15.3 Å². The lowest BCUT2D eigenvalue weighted by molar-refractivity contribution is 0.192. The average molecular weight is 168 g/mol. The van der Waals surface area contributed by atoms with Crippen LogP contribution in [0, 0.1) is 0 Å². The fourth-order valence-corrected chi connectivity index (χ4v) is 1.16. The normalized spacial score (nSPS) is 12.9. The van der Waals surface area contributed by atoms with Crippen molar-refractivity contribution in [3.63, 3.8) is 0 Å². The molecule has 0 radical (unpaired) electrons. The maximum Gasteiger partial charge on any atom is 0.121 e. The van der Waals surface area contributed by atoms with E-state index < -0.39 is 6.10 Å². The maximum atomic E-state index is 9.27. The van der Waals surface area contributed by atoms with Gasteiger partial charge in [0.05, 0.1) is 12.7 Å². The molecule has 0 fully saturated rings. The van der Waals surface area contributed by atoms with E-state index in [2.05, 4.69) is 0 Å². The second kappa shape index (κ2) is 3.56. The predicted molar refractivity (Wildman–Crippen MR) is 44.7 cm³/mol. The Bertz CT molecular complexity index is 268. The molecule has 1 aromatic rings. The third-order valence-electron chi connectivity index (χ3n) is 1.80. The summed E-state index contributed by atoms with van der Waals surface area (Å²) in [6.45, 7) is 1.33. The Balaban J connectivity index is 3.18. The Morgan fingerprint density at radius 2 is 2.08 bits per heavy atom. The van der Waals surface area contributed by atoms with E-state index in [1.54, 1.807) is 19.1 Å². The van der Waals surface area contributed by atoms with Crippen LogP contribution in [-0.4, -0.2) is 15.3 Å². The summed E-state index contributed by atoms with van der Waals surface area (Å²) in [5, 5.41) is 27.4. The highest BCUT2D eigenvalue weighted by Gasteiger charge is 2.09. The summed E-state index contributed by atoms with van der Waals surface area (Å²) in [5.74, 6) is 0.0240. The summed E-state index contributed by atoms with van der Waals surface area (Å²) in [7, 11) is 0. The average Bonchev–Trinajstić information content (AvgIpc) is 2.03. The minimum absolute atomic E-state index is 0.0240. The largest absolute Gasteiger partial charge is 0.508 e. The second-order valence-electron chi connectivity index (χ2n) is 2.68. The Morgan fingerprint density at radius 1 is 1.42 bits per heavy atom. The fraction of sp³-hybridized carbons (Fsp3) is 0.333. The van der Waals surface area contributed by atoms with Crippen LogP contribution in [0.5, 0.6) is 5.75 Å². The lowest BCUT2D eigenvalue weighted by Crippen LogP contribution is -1.98. The molecule has 0 aromatic heterocycles. The van der Waals surface area contributed by atoms with Crippen molar-refractivity contribution in [2.75, 3.05) is 0 Å². The molecule has 0 aliphatic carbocycles. The molecule has 0 saturated heterocycles. The Hall–Kier alpha value is -1.06. The summed E-state index contributed by atoms with van der Waals surface area (Å²) in [6, 6.07) is 4.80. The Morgan fingerprint density at radius 3 is 2.50 bits per heavy atom. The van der Waals surface area contributed by atoms with E-state index in [1.165, 1.54) is 6.07 Å². The van der Waals surface area contributed by atoms with Gasteiger partial charge in [0.2, 0.25) is 0 Å². The first-order valence-electron chi connectivity index (χ1n) is 3.76. The Labute approximate surface area is 70.9 Å². The number of phenols is 1. The topological polar surface area (TPSA) is 60.7 Å². The van der Waals surface area contributed by atoms with Crippen molar-refractivity contribution >= 4 is 0 Å². The molecular formula is C9H12O3. The molecule has 3 heteroatoms. The van der Waals surface area contributed by atoms with Crippen molar-refractivity contribution in [2.45, 2.75) is 19.6 Å². The van der Waals surface area contributed by atoms with Crippen molar-refractivity contribution in [2.24, 2.45) is 0 Å². The molecule has 1 unspecified atom stereocenters. The van der Waals surface area contributed by atoms with Crippen molar-refractivity contribution in [1.29, 1.82) is 0 Å². The molecule has 0 saturated carbocycles. The standard InChI is InChI=1S/C9H12O3/c1-6(11)7-3-2-4-9(12)8(7)5-10/h2-4,6,10-12H,5H2,1H3. The molecule has 12 heavy (non-hydrogen) atoms. The predicted octanol–water partition coefficient (Wildman–Crippen LogP) is 0.938. The highest BCUT2D eigenvalue weighted by Crippen LogP contribution is 2.25. The van der Waals surface area contributed by atoms with Crippen LogP contribution in [-0.2, 0) is 6.61 Å². The molecule has 1 aromatic carbocycles. The number of hydrogen-bond donors (Lipinski definition) is 3. The van der Waals surface area contributed by atoms with E-state index in [0.29, 0.717) is 11.1 Å². The zero-order valence-electron chi connectivity index (χ0n) is 6.86. The van der Waals surface area contributed by atoms with Crippen LogP contribution in [0.15, 0.2) is 18.2 Å². The van der Waals surface area contributed by atoms with Gasteiger partial charge in [0.25, 0.3) is 0 Å². The number of aromatic hydroxyl groups is 1. The molecule has 0 spiro atoms. The fourth-order valence-electron chi connectivity index (χ4n) is 1.16. The molecule has 3 nitrogen and oxygen atoms in total. The molecule has 3 N–H and O–H groups in total. The molecule has 0 heterocycles. The van der Waals surface area contributed by atoms with Crippen molar-refractivity contribution < 1.29 is 15.3 Å². The van der Waals surface area contributed by atoms with Gasteiger partial charge in [-0.25, -0.2) is 0 Å². The van der Waals surface area contributed by atoms with Crippen molar-refractivity contribution in [1.82, 2.24) is 0 Å². The van der Waals surface area contributed by atoms with Crippen LogP contribution in [0.25, 0.3) is 0 Å². The number of aliphatic hydroxyl groups excluding tert-OH is 2. The number of hydrogen-bond acceptors (Lipinski definition) is 3. The van der Waals surface area contributed by atoms with Crippen LogP contribution in [0.1, 0.15) is 24.2 Å². The minimum atomic E-state index is -0.667. The number of aliphatic hydroxyl groups is 2. The molecule has 0 aliphatic heterocycles. The van der Waals surface area contributed by atoms with Gasteiger partial charge in [-0.1, -0.05) is 12.1 Å². The number of benzene rings is 1. The monoisotopic (exact) mass is 168 g/mol. The molecule has 0 bridgehead atoms. The highest BCUT2D eigenvalue weighted by molar-refractivity contribution is 5.39. The van der Waals surface area contributed by atoms with Crippen LogP contribution in [0.2, 0.25) is 0 Å². The SMILES string of the molecule is CC(O)c1cccc(O)c1CO. The van der Waals surface area contributed by atoms with Gasteiger partial charge in [0.1, 0.15) is 5.75 Å². The van der Waals surface area contributed by atoms with Gasteiger partial charge in [-0.15, -0.1) is 0 Å². The summed E-state index contributed by atoms with van der Waals surface area (Å²) in [5.41, 5.74) is 0.963. The van der Waals surface area contributed by atoms with E-state index in [0.717, 1.165) is 0 Å². The molecular weight excluding hydrogens is 156 g/mol. The van der Waals surface area contributed by atoms with Crippen LogP contribution < -0.4 is 0 Å². The maximum absolute atomic E-state index is 9.27. The minimum Gasteiger partial charge on any atom is -0.508 e. The third kappa shape index (κ3) is 1.57. The lowest BCUT2D eigenvalue weighted by atomic mass is 10.0. The first-order valence-corrected chi connectivity index (χ1v) is 3.76. The number of rotatable bonds is 2. The van der Waals surface area contributed by atoms with Crippen molar-refractivity contribution in [3.8, 4) is 5.75 Å². The van der Waals surface area contributed by atoms with Crippen LogP contribution in [0.3, 0.4) is 0 Å². The summed E-state index contributed by atoms with van der Waals surface area (Å²) in [4.78, 5) is 0. The molecule has 1 rings (SSSR count). The zero-order chi connectivity index (χ0) is 9.14. The molecule has 1 atom stereocenters. The second-order valence-corrected chi connectivity index (χ2v) is 2.68. The molecule has 0 aliphatic rings. The Kier molecular flexibility index (Phi) is 2.68. The highest BCUT2D eigenvalue weighted by atomic mass is 16.3. The quantitative estimate of drug-likeness (QED) is 0.615. The molecule has 0 amide bonds. The first kappa shape index (κ1) is 9.03. The van der Waals surface area contributed by atoms with Gasteiger partial charge in [0, 0.05) is 5.56 Å². The first-order chi connectivity index (χ1) is 5.66. The van der Waals surface area contributed by atoms with Gasteiger partial charge in [-0.2, -0.15) is 0 Å². The summed E-state index contributed by atoms with van der Waals surface area (Å²) in [6.07, 6.45) is -0.667. The van der Waals surface area contributed by atoms with E-state index >= 15 is 0 Å². The van der Waals surface area contributed by atoms with Crippen LogP contribution >= 0.6 is 0 Å². The van der Waals surface area contributed by atoms with Crippen molar-refractivity contribution in [3.05, 3.63) is 29.3 Å². The van der Waals surface area contributed by atoms with E-state index in [-0.39, 0.29) is 12.4 Å². The molecule has 66 valence electrons. The van der Waals surface area contributed by atoms with Gasteiger partial charge in [-0.3, -0.25) is 0 Å². The van der Waals surface area contributed by atoms with Gasteiger partial charge in [0.15, 0.2) is 0 Å². The van der Waals surface area contributed by atoms with Gasteiger partial charge >= 0.3 is 0 Å². The van der Waals surface area contributed by atoms with E-state index in [9.17, 15) is 10.2 Å². The van der Waals surface area contributed by atoms with Gasteiger partial charge in [-0.05, 0) is 18.6 Å². The van der Waals surface area contributed by atoms with E-state index in [1.807, 2.05) is 0 Å². The van der Waals surface area contributed by atoms with Crippen LogP contribution in [0.4, 0.5) is 0 Å². The third-order valence-corrected chi connectivity index (χ3v) is 1.80. The van der Waals surface area contributed by atoms with E-state index in [4.69, 9.17) is 5.11 Å². The summed E-state index contributed by atoms with van der Waals surface area (Å²) < 4.78 is 0. The summed E-state index contributed by atoms with van der Waals surface area (Å²) >= 11 is 0. The lowest BCUT2D eigenvalue weighted by Gasteiger charge is -2.10. The smallest absolute Gasteiger partial charge is 0.121 e.